The van der Waals surface area contributed by atoms with Crippen LogP contribution in [0.15, 0.2) is 18.2 Å². The molecule has 0 aliphatic carbocycles. The fourth-order valence-electron chi connectivity index (χ4n) is 1.65. The van der Waals surface area contributed by atoms with Crippen LogP contribution in [0.3, 0.4) is 0 Å². The van der Waals surface area contributed by atoms with E-state index in [1.165, 1.54) is 6.92 Å². The second-order valence-electron chi connectivity index (χ2n) is 4.77. The van der Waals surface area contributed by atoms with Crippen molar-refractivity contribution in [2.75, 3.05) is 12.3 Å². The van der Waals surface area contributed by atoms with Crippen molar-refractivity contribution in [3.8, 4) is 0 Å². The number of carbonyl (C=O) groups excluding carboxylic acids is 1. The predicted octanol–water partition coefficient (Wildman–Crippen LogP) is 0.533. The molecular weight excluding hydrogens is 248 g/mol. The number of carboxylic acid groups (broad SMARTS) is 1. The Hall–Kier alpha value is -2.08. The van der Waals surface area contributed by atoms with Crippen molar-refractivity contribution >= 4 is 17.6 Å². The fraction of sp³-hybridized carbons (Fsp3) is 0.385. The number of nitrogen functional groups attached to an aromatic ring is 1. The van der Waals surface area contributed by atoms with Crippen LogP contribution in [-0.2, 0) is 4.79 Å². The van der Waals surface area contributed by atoms with Crippen LogP contribution < -0.4 is 11.1 Å². The molecule has 1 aromatic rings. The fourth-order valence-corrected chi connectivity index (χ4v) is 1.65. The van der Waals surface area contributed by atoms with Gasteiger partial charge in [-0.1, -0.05) is 6.07 Å². The van der Waals surface area contributed by atoms with Gasteiger partial charge in [0, 0.05) is 17.8 Å². The number of carboxylic acids is 1. The highest BCUT2D eigenvalue weighted by molar-refractivity contribution is 5.96. The normalized spacial score (nSPS) is 13.6. The van der Waals surface area contributed by atoms with Crippen LogP contribution in [0.1, 0.15) is 29.3 Å². The Bertz CT molecular complexity index is 497. The Kier molecular flexibility index (Phi) is 4.50. The van der Waals surface area contributed by atoms with Crippen molar-refractivity contribution in [2.45, 2.75) is 25.9 Å². The molecule has 5 N–H and O–H groups in total. The molecule has 0 spiro atoms. The smallest absolute Gasteiger partial charge is 0.306 e. The van der Waals surface area contributed by atoms with Crippen LogP contribution >= 0.6 is 0 Å². The lowest BCUT2D eigenvalue weighted by atomic mass is 10.0. The minimum Gasteiger partial charge on any atom is -0.481 e. The van der Waals surface area contributed by atoms with E-state index in [1.807, 2.05) is 0 Å². The molecule has 19 heavy (non-hydrogen) atoms. The molecule has 0 fully saturated rings. The van der Waals surface area contributed by atoms with Gasteiger partial charge in [-0.3, -0.25) is 9.59 Å². The molecule has 0 radical (unpaired) electrons. The van der Waals surface area contributed by atoms with Crippen molar-refractivity contribution in [1.29, 1.82) is 0 Å². The first-order valence-electron chi connectivity index (χ1n) is 5.80. The summed E-state index contributed by atoms with van der Waals surface area (Å²) in [5.74, 6) is -1.52. The van der Waals surface area contributed by atoms with E-state index in [1.54, 1.807) is 25.1 Å². The standard InChI is InChI=1S/C13H18N2O4/c1-8-9(4-3-5-10(8)14)12(18)15-7-13(2,19)6-11(16)17/h3-5,19H,6-7,14H2,1-2H3,(H,15,18)(H,16,17). The zero-order valence-corrected chi connectivity index (χ0v) is 10.9. The quantitative estimate of drug-likeness (QED) is 0.581. The first-order chi connectivity index (χ1) is 8.73. The van der Waals surface area contributed by atoms with E-state index in [0.717, 1.165) is 0 Å². The van der Waals surface area contributed by atoms with Crippen LogP contribution in [0.25, 0.3) is 0 Å². The lowest BCUT2D eigenvalue weighted by Gasteiger charge is -2.21. The maximum absolute atomic E-state index is 11.9. The summed E-state index contributed by atoms with van der Waals surface area (Å²) in [6, 6.07) is 4.96. The number of rotatable bonds is 5. The topological polar surface area (TPSA) is 113 Å². The molecule has 0 heterocycles. The van der Waals surface area contributed by atoms with E-state index in [0.29, 0.717) is 16.8 Å². The minimum absolute atomic E-state index is 0.146. The molecular formula is C13H18N2O4. The predicted molar refractivity (Wildman–Crippen MR) is 70.8 cm³/mol. The second-order valence-corrected chi connectivity index (χ2v) is 4.77. The summed E-state index contributed by atoms with van der Waals surface area (Å²) < 4.78 is 0. The molecule has 6 nitrogen and oxygen atoms in total. The SMILES string of the molecule is Cc1c(N)cccc1C(=O)NCC(C)(O)CC(=O)O. The van der Waals surface area contributed by atoms with E-state index >= 15 is 0 Å². The Morgan fingerprint density at radius 3 is 2.63 bits per heavy atom. The van der Waals surface area contributed by atoms with Gasteiger partial charge in [0.05, 0.1) is 12.0 Å². The summed E-state index contributed by atoms with van der Waals surface area (Å²) >= 11 is 0. The average Bonchev–Trinajstić information content (AvgIpc) is 2.28. The van der Waals surface area contributed by atoms with Crippen molar-refractivity contribution < 1.29 is 19.8 Å². The zero-order chi connectivity index (χ0) is 14.6. The maximum Gasteiger partial charge on any atom is 0.306 e. The van der Waals surface area contributed by atoms with Crippen LogP contribution in [0.2, 0.25) is 0 Å². The monoisotopic (exact) mass is 266 g/mol. The van der Waals surface area contributed by atoms with Gasteiger partial charge in [-0.25, -0.2) is 0 Å². The maximum atomic E-state index is 11.9. The number of hydrogen-bond donors (Lipinski definition) is 4. The summed E-state index contributed by atoms with van der Waals surface area (Å²) in [6.45, 7) is 2.93. The Morgan fingerprint density at radius 2 is 2.05 bits per heavy atom. The summed E-state index contributed by atoms with van der Waals surface area (Å²) in [6.07, 6.45) is -0.441. The number of nitrogens with two attached hydrogens (primary N) is 1. The molecule has 0 aliphatic heterocycles. The van der Waals surface area contributed by atoms with Crippen LogP contribution in [0, 0.1) is 6.92 Å². The molecule has 104 valence electrons. The van der Waals surface area contributed by atoms with Gasteiger partial charge < -0.3 is 21.3 Å². The van der Waals surface area contributed by atoms with Crippen LogP contribution in [0.5, 0.6) is 0 Å². The summed E-state index contributed by atoms with van der Waals surface area (Å²) in [5, 5.41) is 20.9. The number of nitrogens with one attached hydrogen (secondary N) is 1. The third-order valence-electron chi connectivity index (χ3n) is 2.78. The third-order valence-corrected chi connectivity index (χ3v) is 2.78. The molecule has 1 rings (SSSR count). The van der Waals surface area contributed by atoms with Crippen molar-refractivity contribution in [1.82, 2.24) is 5.32 Å². The van der Waals surface area contributed by atoms with Gasteiger partial charge in [-0.05, 0) is 31.5 Å². The van der Waals surface area contributed by atoms with Crippen molar-refractivity contribution in [3.05, 3.63) is 29.3 Å². The largest absolute Gasteiger partial charge is 0.481 e. The molecule has 0 aliphatic rings. The van der Waals surface area contributed by atoms with E-state index < -0.39 is 23.9 Å². The lowest BCUT2D eigenvalue weighted by molar-refractivity contribution is -0.141. The molecule has 1 aromatic carbocycles. The van der Waals surface area contributed by atoms with Gasteiger partial charge in [0.15, 0.2) is 0 Å². The number of aliphatic carboxylic acids is 1. The van der Waals surface area contributed by atoms with Gasteiger partial charge in [0.2, 0.25) is 0 Å². The van der Waals surface area contributed by atoms with Gasteiger partial charge in [-0.2, -0.15) is 0 Å². The van der Waals surface area contributed by atoms with E-state index in [-0.39, 0.29) is 6.54 Å². The van der Waals surface area contributed by atoms with Gasteiger partial charge in [0.1, 0.15) is 0 Å². The summed E-state index contributed by atoms with van der Waals surface area (Å²) in [4.78, 5) is 22.5. The summed E-state index contributed by atoms with van der Waals surface area (Å²) in [7, 11) is 0. The number of aliphatic hydroxyl groups is 1. The summed E-state index contributed by atoms with van der Waals surface area (Å²) in [5.41, 5.74) is 5.77. The van der Waals surface area contributed by atoms with Crippen molar-refractivity contribution in [3.63, 3.8) is 0 Å². The number of amides is 1. The second kappa shape index (κ2) is 5.71. The number of hydrogen-bond acceptors (Lipinski definition) is 4. The zero-order valence-electron chi connectivity index (χ0n) is 10.9. The molecule has 0 bridgehead atoms. The van der Waals surface area contributed by atoms with E-state index in [4.69, 9.17) is 10.8 Å². The number of anilines is 1. The number of carbonyl (C=O) groups is 2. The van der Waals surface area contributed by atoms with Crippen LogP contribution in [-0.4, -0.2) is 34.2 Å². The molecule has 0 saturated heterocycles. The Balaban J connectivity index is 2.71. The van der Waals surface area contributed by atoms with Gasteiger partial charge in [0.25, 0.3) is 5.91 Å². The Morgan fingerprint density at radius 1 is 1.42 bits per heavy atom. The van der Waals surface area contributed by atoms with E-state index in [9.17, 15) is 14.7 Å². The highest BCUT2D eigenvalue weighted by Crippen LogP contribution is 2.15. The molecule has 0 saturated carbocycles. The molecule has 1 amide bonds. The third kappa shape index (κ3) is 4.26. The van der Waals surface area contributed by atoms with Crippen LogP contribution in [0.4, 0.5) is 5.69 Å². The highest BCUT2D eigenvalue weighted by atomic mass is 16.4. The molecule has 1 unspecified atom stereocenters. The van der Waals surface area contributed by atoms with Gasteiger partial charge in [-0.15, -0.1) is 0 Å². The van der Waals surface area contributed by atoms with E-state index in [2.05, 4.69) is 5.32 Å². The Labute approximate surface area is 111 Å². The highest BCUT2D eigenvalue weighted by Gasteiger charge is 2.25. The minimum atomic E-state index is -1.49. The first kappa shape index (κ1) is 15.0. The molecule has 6 heteroatoms. The average molecular weight is 266 g/mol. The van der Waals surface area contributed by atoms with Crippen molar-refractivity contribution in [2.24, 2.45) is 0 Å². The van der Waals surface area contributed by atoms with Gasteiger partial charge >= 0.3 is 5.97 Å². The first-order valence-corrected chi connectivity index (χ1v) is 5.80. The molecule has 0 aromatic heterocycles. The lowest BCUT2D eigenvalue weighted by Crippen LogP contribution is -2.42. The number of benzene rings is 1. The molecule has 1 atom stereocenters.